The van der Waals surface area contributed by atoms with Crippen LogP contribution in [-0.2, 0) is 11.2 Å². The predicted octanol–water partition coefficient (Wildman–Crippen LogP) is 2.97. The topological polar surface area (TPSA) is 114 Å². The van der Waals surface area contributed by atoms with E-state index in [1.54, 1.807) is 12.1 Å². The number of phenols is 1. The van der Waals surface area contributed by atoms with Crippen molar-refractivity contribution < 1.29 is 20.1 Å². The molecular formula is C25H29N3O4. The van der Waals surface area contributed by atoms with Crippen molar-refractivity contribution in [1.82, 2.24) is 5.32 Å². The molecule has 0 spiro atoms. The Morgan fingerprint density at radius 1 is 0.844 bits per heavy atom. The van der Waals surface area contributed by atoms with Gasteiger partial charge in [-0.05, 0) is 53.9 Å². The summed E-state index contributed by atoms with van der Waals surface area (Å²) in [6.45, 7) is 1.47. The fourth-order valence-electron chi connectivity index (χ4n) is 3.33. The molecule has 0 aliphatic carbocycles. The molecule has 0 fully saturated rings. The summed E-state index contributed by atoms with van der Waals surface area (Å²) in [6, 6.07) is 22.2. The third-order valence-electron chi connectivity index (χ3n) is 5.19. The standard InChI is InChI=1S/C25H29N3O4/c29-17-28-22-14-20(8-11-23(22)30)24(31)15-26-13-12-18-6-9-21(10-7-18)27-16-25(32)19-4-2-1-3-5-19/h1-11,14,17,24-27,30-32H,12-13,15-16H2,(H,28,29)/t24?,25-/m0/s1. The maximum absolute atomic E-state index is 10.6. The molecule has 0 aromatic heterocycles. The summed E-state index contributed by atoms with van der Waals surface area (Å²) in [5.41, 5.74) is 3.85. The fourth-order valence-corrected chi connectivity index (χ4v) is 3.33. The van der Waals surface area contributed by atoms with Crippen molar-refractivity contribution in [3.63, 3.8) is 0 Å². The summed E-state index contributed by atoms with van der Waals surface area (Å²) in [6.07, 6.45) is -0.0427. The van der Waals surface area contributed by atoms with Crippen LogP contribution >= 0.6 is 0 Å². The number of hydrogen-bond acceptors (Lipinski definition) is 6. The zero-order chi connectivity index (χ0) is 22.8. The Kier molecular flexibility index (Phi) is 8.62. The molecule has 0 saturated carbocycles. The van der Waals surface area contributed by atoms with E-state index in [-0.39, 0.29) is 11.4 Å². The van der Waals surface area contributed by atoms with E-state index in [1.165, 1.54) is 6.07 Å². The van der Waals surface area contributed by atoms with Crippen LogP contribution < -0.4 is 16.0 Å². The highest BCUT2D eigenvalue weighted by atomic mass is 16.3. The van der Waals surface area contributed by atoms with Crippen molar-refractivity contribution in [3.05, 3.63) is 89.5 Å². The monoisotopic (exact) mass is 435 g/mol. The SMILES string of the molecule is O=CNc1cc(C(O)CNCCc2ccc(NC[C@H](O)c3ccccc3)cc2)ccc1O. The van der Waals surface area contributed by atoms with Gasteiger partial charge in [-0.2, -0.15) is 0 Å². The van der Waals surface area contributed by atoms with Crippen LogP contribution in [0.25, 0.3) is 0 Å². The molecule has 32 heavy (non-hydrogen) atoms. The highest BCUT2D eigenvalue weighted by Gasteiger charge is 2.10. The number of aliphatic hydroxyl groups is 2. The number of hydrogen-bond donors (Lipinski definition) is 6. The Hall–Kier alpha value is -3.39. The average molecular weight is 436 g/mol. The molecule has 168 valence electrons. The van der Waals surface area contributed by atoms with Crippen molar-refractivity contribution in [3.8, 4) is 5.75 Å². The molecule has 2 atom stereocenters. The summed E-state index contributed by atoms with van der Waals surface area (Å²) in [4.78, 5) is 10.6. The Bertz CT molecular complexity index is 980. The number of nitrogens with one attached hydrogen (secondary N) is 3. The van der Waals surface area contributed by atoms with Gasteiger partial charge in [-0.1, -0.05) is 48.5 Å². The molecule has 0 aliphatic rings. The van der Waals surface area contributed by atoms with Crippen LogP contribution in [0.15, 0.2) is 72.8 Å². The van der Waals surface area contributed by atoms with Gasteiger partial charge in [0.1, 0.15) is 5.75 Å². The Labute approximate surface area is 187 Å². The molecule has 3 aromatic carbocycles. The quantitative estimate of drug-likeness (QED) is 0.148. The fraction of sp³-hybridized carbons (Fsp3) is 0.240. The molecule has 3 aromatic rings. The van der Waals surface area contributed by atoms with E-state index in [0.717, 1.165) is 23.2 Å². The third-order valence-corrected chi connectivity index (χ3v) is 5.19. The number of anilines is 2. The molecular weight excluding hydrogens is 406 g/mol. The van der Waals surface area contributed by atoms with E-state index >= 15 is 0 Å². The number of aromatic hydroxyl groups is 1. The number of rotatable bonds is 12. The normalized spacial score (nSPS) is 12.7. The molecule has 1 amide bonds. The summed E-state index contributed by atoms with van der Waals surface area (Å²) in [7, 11) is 0. The van der Waals surface area contributed by atoms with Crippen LogP contribution in [0, 0.1) is 0 Å². The average Bonchev–Trinajstić information content (AvgIpc) is 2.83. The van der Waals surface area contributed by atoms with Crippen LogP contribution in [0.1, 0.15) is 28.9 Å². The second-order valence-corrected chi connectivity index (χ2v) is 7.51. The molecule has 0 aliphatic heterocycles. The molecule has 6 N–H and O–H groups in total. The smallest absolute Gasteiger partial charge is 0.211 e. The van der Waals surface area contributed by atoms with E-state index in [2.05, 4.69) is 16.0 Å². The largest absolute Gasteiger partial charge is 0.506 e. The van der Waals surface area contributed by atoms with Crippen molar-refractivity contribution in [2.45, 2.75) is 18.6 Å². The number of benzene rings is 3. The van der Waals surface area contributed by atoms with E-state index < -0.39 is 12.2 Å². The summed E-state index contributed by atoms with van der Waals surface area (Å²) in [5.74, 6) is -0.0477. The van der Waals surface area contributed by atoms with Gasteiger partial charge in [-0.15, -0.1) is 0 Å². The Morgan fingerprint density at radius 2 is 1.56 bits per heavy atom. The Morgan fingerprint density at radius 3 is 2.28 bits per heavy atom. The second kappa shape index (κ2) is 11.9. The number of amides is 1. The first kappa shape index (κ1) is 23.3. The molecule has 1 unspecified atom stereocenters. The zero-order valence-corrected chi connectivity index (χ0v) is 17.7. The van der Waals surface area contributed by atoms with Gasteiger partial charge in [0.05, 0.1) is 17.9 Å². The van der Waals surface area contributed by atoms with Gasteiger partial charge < -0.3 is 31.3 Å². The number of carbonyl (C=O) groups is 1. The molecule has 0 bridgehead atoms. The van der Waals surface area contributed by atoms with E-state index in [1.807, 2.05) is 54.6 Å². The van der Waals surface area contributed by atoms with Crippen molar-refractivity contribution in [2.24, 2.45) is 0 Å². The van der Waals surface area contributed by atoms with Gasteiger partial charge >= 0.3 is 0 Å². The number of carbonyl (C=O) groups excluding carboxylic acids is 1. The summed E-state index contributed by atoms with van der Waals surface area (Å²) >= 11 is 0. The highest BCUT2D eigenvalue weighted by molar-refractivity contribution is 5.75. The molecule has 0 heterocycles. The zero-order valence-electron chi connectivity index (χ0n) is 17.7. The first-order valence-electron chi connectivity index (χ1n) is 10.5. The van der Waals surface area contributed by atoms with E-state index in [9.17, 15) is 20.1 Å². The van der Waals surface area contributed by atoms with E-state index in [4.69, 9.17) is 0 Å². The van der Waals surface area contributed by atoms with Crippen LogP contribution in [0.3, 0.4) is 0 Å². The molecule has 7 heteroatoms. The van der Waals surface area contributed by atoms with Gasteiger partial charge in [0.15, 0.2) is 0 Å². The summed E-state index contributed by atoms with van der Waals surface area (Å²) < 4.78 is 0. The molecule has 0 saturated heterocycles. The molecule has 0 radical (unpaired) electrons. The van der Waals surface area contributed by atoms with Crippen LogP contribution in [0.4, 0.5) is 11.4 Å². The molecule has 7 nitrogen and oxygen atoms in total. The van der Waals surface area contributed by atoms with Gasteiger partial charge in [0, 0.05) is 18.8 Å². The van der Waals surface area contributed by atoms with Crippen LogP contribution in [0.2, 0.25) is 0 Å². The van der Waals surface area contributed by atoms with Crippen molar-refractivity contribution in [1.29, 1.82) is 0 Å². The minimum atomic E-state index is -0.759. The lowest BCUT2D eigenvalue weighted by Gasteiger charge is -2.15. The lowest BCUT2D eigenvalue weighted by atomic mass is 10.1. The maximum atomic E-state index is 10.6. The lowest BCUT2D eigenvalue weighted by molar-refractivity contribution is -0.105. The maximum Gasteiger partial charge on any atom is 0.211 e. The first-order valence-corrected chi connectivity index (χ1v) is 10.5. The lowest BCUT2D eigenvalue weighted by Crippen LogP contribution is -2.23. The first-order chi connectivity index (χ1) is 15.6. The molecule has 3 rings (SSSR count). The van der Waals surface area contributed by atoms with Gasteiger partial charge in [-0.25, -0.2) is 0 Å². The van der Waals surface area contributed by atoms with Crippen molar-refractivity contribution >= 4 is 17.8 Å². The van der Waals surface area contributed by atoms with Gasteiger partial charge in [0.2, 0.25) is 6.41 Å². The summed E-state index contributed by atoms with van der Waals surface area (Å²) in [5, 5.41) is 39.1. The van der Waals surface area contributed by atoms with Crippen LogP contribution in [0.5, 0.6) is 5.75 Å². The van der Waals surface area contributed by atoms with Crippen molar-refractivity contribution in [2.75, 3.05) is 30.3 Å². The van der Waals surface area contributed by atoms with Crippen LogP contribution in [-0.4, -0.2) is 41.4 Å². The minimum absolute atomic E-state index is 0.0477. The minimum Gasteiger partial charge on any atom is -0.506 e. The van der Waals surface area contributed by atoms with E-state index in [0.29, 0.717) is 31.6 Å². The number of phenolic OH excluding ortho intramolecular Hbond substituents is 1. The second-order valence-electron chi connectivity index (χ2n) is 7.51. The van der Waals surface area contributed by atoms with Gasteiger partial charge in [-0.3, -0.25) is 4.79 Å². The van der Waals surface area contributed by atoms with Gasteiger partial charge in [0.25, 0.3) is 0 Å². The predicted molar refractivity (Wildman–Crippen MR) is 126 cm³/mol. The number of aliphatic hydroxyl groups excluding tert-OH is 2. The highest BCUT2D eigenvalue weighted by Crippen LogP contribution is 2.26. The Balaban J connectivity index is 1.40. The third kappa shape index (κ3) is 6.81.